The van der Waals surface area contributed by atoms with E-state index in [2.05, 4.69) is 5.10 Å². The van der Waals surface area contributed by atoms with E-state index in [9.17, 15) is 9.18 Å². The molecule has 0 amide bonds. The highest BCUT2D eigenvalue weighted by molar-refractivity contribution is 5.68. The molecule has 4 aromatic rings. The summed E-state index contributed by atoms with van der Waals surface area (Å²) in [6.07, 6.45) is 3.35. The Kier molecular flexibility index (Phi) is 4.57. The molecule has 0 saturated carbocycles. The van der Waals surface area contributed by atoms with Gasteiger partial charge in [-0.25, -0.2) is 8.91 Å². The van der Waals surface area contributed by atoms with E-state index in [1.165, 1.54) is 21.2 Å². The average molecular weight is 379 g/mol. The minimum atomic E-state index is -0.327. The molecule has 0 aliphatic heterocycles. The normalized spacial score (nSPS) is 11.0. The zero-order valence-electron chi connectivity index (χ0n) is 15.4. The van der Waals surface area contributed by atoms with Crippen molar-refractivity contribution in [2.24, 2.45) is 0 Å². The van der Waals surface area contributed by atoms with Crippen LogP contribution in [0.2, 0.25) is 0 Å². The number of halogens is 1. The Labute approximate surface area is 160 Å². The molecule has 6 nitrogen and oxygen atoms in total. The first-order chi connectivity index (χ1) is 13.6. The minimum Gasteiger partial charge on any atom is -0.493 e. The van der Waals surface area contributed by atoms with Crippen LogP contribution < -0.4 is 15.0 Å². The van der Waals surface area contributed by atoms with Gasteiger partial charge in [-0.05, 0) is 42.0 Å². The topological polar surface area (TPSA) is 57.8 Å². The molecule has 2 heterocycles. The molecule has 0 N–H and O–H groups in total. The lowest BCUT2D eigenvalue weighted by Gasteiger charge is -2.08. The second-order valence-corrected chi connectivity index (χ2v) is 6.29. The first-order valence-electron chi connectivity index (χ1n) is 8.64. The maximum absolute atomic E-state index is 13.4. The number of hydrogen-bond acceptors (Lipinski definition) is 4. The van der Waals surface area contributed by atoms with Crippen molar-refractivity contribution in [1.29, 1.82) is 0 Å². The third kappa shape index (κ3) is 3.22. The van der Waals surface area contributed by atoms with Crippen LogP contribution in [0.1, 0.15) is 5.56 Å². The van der Waals surface area contributed by atoms with Crippen molar-refractivity contribution in [1.82, 2.24) is 14.2 Å². The van der Waals surface area contributed by atoms with Gasteiger partial charge in [-0.15, -0.1) is 0 Å². The summed E-state index contributed by atoms with van der Waals surface area (Å²) in [6.45, 7) is 0.282. The van der Waals surface area contributed by atoms with Crippen molar-refractivity contribution in [2.75, 3.05) is 14.2 Å². The smallest absolute Gasteiger partial charge is 0.276 e. The predicted molar refractivity (Wildman–Crippen MR) is 103 cm³/mol. The van der Waals surface area contributed by atoms with E-state index in [0.29, 0.717) is 28.3 Å². The van der Waals surface area contributed by atoms with Crippen molar-refractivity contribution in [3.63, 3.8) is 0 Å². The fourth-order valence-corrected chi connectivity index (χ4v) is 3.12. The molecule has 0 fully saturated rings. The number of ether oxygens (including phenoxy) is 2. The van der Waals surface area contributed by atoms with Gasteiger partial charge >= 0.3 is 0 Å². The Hall–Kier alpha value is -3.61. The molecule has 4 rings (SSSR count). The lowest BCUT2D eigenvalue weighted by molar-refractivity contribution is 0.355. The van der Waals surface area contributed by atoms with Crippen LogP contribution in [0.3, 0.4) is 0 Å². The largest absolute Gasteiger partial charge is 0.493 e. The molecular weight excluding hydrogens is 361 g/mol. The molecule has 0 unspecified atom stereocenters. The number of fused-ring (bicyclic) bond motifs is 1. The van der Waals surface area contributed by atoms with Crippen LogP contribution in [0.25, 0.3) is 16.8 Å². The third-order valence-electron chi connectivity index (χ3n) is 4.52. The Morgan fingerprint density at radius 1 is 1.00 bits per heavy atom. The summed E-state index contributed by atoms with van der Waals surface area (Å²) in [7, 11) is 3.14. The Morgan fingerprint density at radius 3 is 2.57 bits per heavy atom. The van der Waals surface area contributed by atoms with Crippen LogP contribution in [0, 0.1) is 5.82 Å². The van der Waals surface area contributed by atoms with E-state index in [0.717, 1.165) is 5.56 Å². The number of hydrogen-bond donors (Lipinski definition) is 0. The van der Waals surface area contributed by atoms with Gasteiger partial charge in [0.15, 0.2) is 11.5 Å². The molecule has 7 heteroatoms. The molecule has 2 aromatic heterocycles. The van der Waals surface area contributed by atoms with Crippen molar-refractivity contribution in [2.45, 2.75) is 6.54 Å². The average Bonchev–Trinajstić information content (AvgIpc) is 3.15. The molecule has 28 heavy (non-hydrogen) atoms. The minimum absolute atomic E-state index is 0.203. The van der Waals surface area contributed by atoms with Crippen LogP contribution in [-0.4, -0.2) is 28.4 Å². The van der Waals surface area contributed by atoms with Crippen LogP contribution in [0.5, 0.6) is 11.5 Å². The predicted octanol–water partition coefficient (Wildman–Crippen LogP) is 3.37. The van der Waals surface area contributed by atoms with Gasteiger partial charge in [-0.1, -0.05) is 12.1 Å². The molecule has 0 saturated heterocycles. The van der Waals surface area contributed by atoms with Gasteiger partial charge in [0.25, 0.3) is 5.56 Å². The molecule has 0 spiro atoms. The molecule has 142 valence electrons. The summed E-state index contributed by atoms with van der Waals surface area (Å²) in [6, 6.07) is 13.4. The van der Waals surface area contributed by atoms with Gasteiger partial charge in [0.2, 0.25) is 0 Å². The van der Waals surface area contributed by atoms with Gasteiger partial charge < -0.3 is 14.0 Å². The van der Waals surface area contributed by atoms with Crippen LogP contribution in [0.15, 0.2) is 65.7 Å². The Bertz CT molecular complexity index is 1210. The van der Waals surface area contributed by atoms with Crippen molar-refractivity contribution < 1.29 is 13.9 Å². The van der Waals surface area contributed by atoms with Crippen molar-refractivity contribution in [3.8, 4) is 22.8 Å². The summed E-state index contributed by atoms with van der Waals surface area (Å²) >= 11 is 0. The van der Waals surface area contributed by atoms with Gasteiger partial charge in [0.1, 0.15) is 11.3 Å². The Balaban J connectivity index is 1.74. The molecule has 0 radical (unpaired) electrons. The SMILES string of the molecule is COc1ccc(-c2cc3c(=O)n(Cc4cccc(F)c4)ccn3n2)cc1OC. The number of aromatic nitrogens is 3. The fraction of sp³-hybridized carbons (Fsp3) is 0.143. The second kappa shape index (κ2) is 7.19. The first kappa shape index (κ1) is 17.8. The summed E-state index contributed by atoms with van der Waals surface area (Å²) < 4.78 is 27.1. The van der Waals surface area contributed by atoms with E-state index in [1.54, 1.807) is 50.9 Å². The van der Waals surface area contributed by atoms with E-state index in [1.807, 2.05) is 12.1 Å². The lowest BCUT2D eigenvalue weighted by atomic mass is 10.1. The summed E-state index contributed by atoms with van der Waals surface area (Å²) in [5.41, 5.74) is 2.39. The standard InChI is InChI=1S/C21H18FN3O3/c1-27-19-7-6-15(11-20(19)28-2)17-12-18-21(26)24(8-9-25(18)23-17)13-14-4-3-5-16(22)10-14/h3-12H,13H2,1-2H3. The van der Waals surface area contributed by atoms with E-state index in [-0.39, 0.29) is 17.9 Å². The zero-order valence-corrected chi connectivity index (χ0v) is 15.4. The Morgan fingerprint density at radius 2 is 1.82 bits per heavy atom. The molecular formula is C21H18FN3O3. The maximum Gasteiger partial charge on any atom is 0.276 e. The van der Waals surface area contributed by atoms with Gasteiger partial charge in [0.05, 0.1) is 26.5 Å². The lowest BCUT2D eigenvalue weighted by Crippen LogP contribution is -2.21. The third-order valence-corrected chi connectivity index (χ3v) is 4.52. The number of methoxy groups -OCH3 is 2. The van der Waals surface area contributed by atoms with Crippen LogP contribution in [-0.2, 0) is 6.54 Å². The molecule has 0 atom stereocenters. The maximum atomic E-state index is 13.4. The number of nitrogens with zero attached hydrogens (tertiary/aromatic N) is 3. The molecule has 0 aliphatic rings. The number of benzene rings is 2. The van der Waals surface area contributed by atoms with Gasteiger partial charge in [-0.2, -0.15) is 5.10 Å². The summed E-state index contributed by atoms with van der Waals surface area (Å²) in [5, 5.41) is 4.48. The highest BCUT2D eigenvalue weighted by atomic mass is 19.1. The fourth-order valence-electron chi connectivity index (χ4n) is 3.12. The monoisotopic (exact) mass is 379 g/mol. The van der Waals surface area contributed by atoms with Gasteiger partial charge in [-0.3, -0.25) is 4.79 Å². The first-order valence-corrected chi connectivity index (χ1v) is 8.64. The highest BCUT2D eigenvalue weighted by Crippen LogP contribution is 2.31. The van der Waals surface area contributed by atoms with Crippen molar-refractivity contribution in [3.05, 3.63) is 82.7 Å². The zero-order chi connectivity index (χ0) is 19.7. The van der Waals surface area contributed by atoms with E-state index < -0.39 is 0 Å². The van der Waals surface area contributed by atoms with Crippen molar-refractivity contribution >= 4 is 5.52 Å². The highest BCUT2D eigenvalue weighted by Gasteiger charge is 2.12. The van der Waals surface area contributed by atoms with E-state index >= 15 is 0 Å². The van der Waals surface area contributed by atoms with E-state index in [4.69, 9.17) is 9.47 Å². The van der Waals surface area contributed by atoms with Crippen LogP contribution in [0.4, 0.5) is 4.39 Å². The number of rotatable bonds is 5. The quantitative estimate of drug-likeness (QED) is 0.534. The molecule has 2 aromatic carbocycles. The molecule has 0 aliphatic carbocycles. The molecule has 0 bridgehead atoms. The van der Waals surface area contributed by atoms with Crippen LogP contribution >= 0.6 is 0 Å². The summed E-state index contributed by atoms with van der Waals surface area (Å²) in [4.78, 5) is 12.8. The summed E-state index contributed by atoms with van der Waals surface area (Å²) in [5.74, 6) is 0.875. The van der Waals surface area contributed by atoms with Gasteiger partial charge in [0, 0.05) is 18.0 Å². The second-order valence-electron chi connectivity index (χ2n) is 6.29.